The van der Waals surface area contributed by atoms with Gasteiger partial charge in [-0.05, 0) is 30.9 Å². The molecule has 0 spiro atoms. The molecule has 0 aromatic carbocycles. The molecular weight excluding hydrogens is 250 g/mol. The fraction of sp³-hybridized carbons (Fsp3) is 0.444. The highest BCUT2D eigenvalue weighted by Crippen LogP contribution is 2.37. The van der Waals surface area contributed by atoms with E-state index in [-0.39, 0.29) is 10.6 Å². The largest absolute Gasteiger partial charge is 0.390 e. The number of carbonyl (C=O) groups is 1. The van der Waals surface area contributed by atoms with Crippen LogP contribution in [0, 0.1) is 6.92 Å². The lowest BCUT2D eigenvalue weighted by Crippen LogP contribution is -2.20. The average Bonchev–Trinajstić information content (AvgIpc) is 2.38. The van der Waals surface area contributed by atoms with Crippen molar-refractivity contribution in [2.24, 2.45) is 0 Å². The maximum atomic E-state index is 11.7. The van der Waals surface area contributed by atoms with E-state index in [9.17, 15) is 4.79 Å². The number of carbonyl (C=O) groups excluding carboxylic acids is 1. The third kappa shape index (κ3) is 1.32. The van der Waals surface area contributed by atoms with Crippen molar-refractivity contribution in [3.05, 3.63) is 16.0 Å². The molecule has 13 heavy (non-hydrogen) atoms. The minimum absolute atomic E-state index is 0.00236. The van der Waals surface area contributed by atoms with Gasteiger partial charge in [0.15, 0.2) is 5.78 Å². The number of alkyl halides is 1. The van der Waals surface area contributed by atoms with Crippen molar-refractivity contribution in [1.29, 1.82) is 0 Å². The molecule has 0 saturated heterocycles. The first kappa shape index (κ1) is 9.21. The number of nitrogen functional groups attached to an aromatic ring is 1. The Morgan fingerprint density at radius 2 is 2.31 bits per heavy atom. The Balaban J connectivity index is 2.56. The van der Waals surface area contributed by atoms with Crippen molar-refractivity contribution in [2.45, 2.75) is 24.6 Å². The van der Waals surface area contributed by atoms with Crippen molar-refractivity contribution in [3.63, 3.8) is 0 Å². The molecule has 1 atom stereocenters. The van der Waals surface area contributed by atoms with Crippen LogP contribution >= 0.6 is 27.3 Å². The number of nitrogens with two attached hydrogens (primary N) is 1. The standard InChI is InChI=1S/C9H10BrNOS/c1-4-5-2-3-6(10)7(12)8(5)13-9(4)11/h6H,2-3,11H2,1H3. The summed E-state index contributed by atoms with van der Waals surface area (Å²) in [5, 5.41) is 0.792. The molecule has 1 aliphatic rings. The second kappa shape index (κ2) is 3.10. The Hall–Kier alpha value is -0.350. The minimum atomic E-state index is -0.00236. The summed E-state index contributed by atoms with van der Waals surface area (Å²) in [6.45, 7) is 1.99. The number of rotatable bonds is 0. The number of anilines is 1. The molecule has 2 N–H and O–H groups in total. The van der Waals surface area contributed by atoms with Gasteiger partial charge < -0.3 is 5.73 Å². The van der Waals surface area contributed by atoms with Crippen molar-refractivity contribution in [2.75, 3.05) is 5.73 Å². The molecule has 0 radical (unpaired) electrons. The lowest BCUT2D eigenvalue weighted by atomic mass is 9.95. The number of Topliss-reactive ketones (excluding diaryl/α,β-unsaturated/α-hetero) is 1. The van der Waals surface area contributed by atoms with Crippen molar-refractivity contribution in [3.8, 4) is 0 Å². The van der Waals surface area contributed by atoms with Gasteiger partial charge in [-0.25, -0.2) is 0 Å². The topological polar surface area (TPSA) is 43.1 Å². The second-order valence-electron chi connectivity index (χ2n) is 3.27. The maximum absolute atomic E-state index is 11.7. The van der Waals surface area contributed by atoms with Gasteiger partial charge >= 0.3 is 0 Å². The van der Waals surface area contributed by atoms with Crippen molar-refractivity contribution < 1.29 is 4.79 Å². The molecule has 70 valence electrons. The molecule has 1 aromatic rings. The van der Waals surface area contributed by atoms with Crippen LogP contribution in [0.15, 0.2) is 0 Å². The molecule has 1 aliphatic carbocycles. The second-order valence-corrected chi connectivity index (χ2v) is 5.43. The van der Waals surface area contributed by atoms with E-state index in [1.54, 1.807) is 0 Å². The van der Waals surface area contributed by atoms with E-state index in [1.807, 2.05) is 6.92 Å². The molecular formula is C9H10BrNOS. The molecule has 2 nitrogen and oxygen atoms in total. The molecule has 4 heteroatoms. The first-order chi connectivity index (χ1) is 6.11. The van der Waals surface area contributed by atoms with Crippen LogP contribution in [0.4, 0.5) is 5.00 Å². The summed E-state index contributed by atoms with van der Waals surface area (Å²) >= 11 is 4.80. The van der Waals surface area contributed by atoms with Crippen LogP contribution in [0.25, 0.3) is 0 Å². The number of thiophene rings is 1. The van der Waals surface area contributed by atoms with Gasteiger partial charge in [-0.3, -0.25) is 4.79 Å². The molecule has 1 aromatic heterocycles. The zero-order chi connectivity index (χ0) is 9.59. The van der Waals surface area contributed by atoms with Gasteiger partial charge in [0.05, 0.1) is 14.7 Å². The fourth-order valence-electron chi connectivity index (χ4n) is 1.61. The smallest absolute Gasteiger partial charge is 0.186 e. The predicted molar refractivity (Wildman–Crippen MR) is 58.8 cm³/mol. The van der Waals surface area contributed by atoms with Crippen LogP contribution in [0.3, 0.4) is 0 Å². The van der Waals surface area contributed by atoms with E-state index in [1.165, 1.54) is 16.9 Å². The lowest BCUT2D eigenvalue weighted by Gasteiger charge is -2.15. The summed E-state index contributed by atoms with van der Waals surface area (Å²) in [6.07, 6.45) is 1.86. The molecule has 0 amide bonds. The van der Waals surface area contributed by atoms with Gasteiger partial charge in [0.1, 0.15) is 0 Å². The summed E-state index contributed by atoms with van der Waals surface area (Å²) in [7, 11) is 0. The Kier molecular flexibility index (Phi) is 2.20. The van der Waals surface area contributed by atoms with Crippen LogP contribution in [0.2, 0.25) is 0 Å². The highest BCUT2D eigenvalue weighted by atomic mass is 79.9. The number of hydrogen-bond acceptors (Lipinski definition) is 3. The van der Waals surface area contributed by atoms with Crippen LogP contribution in [-0.2, 0) is 6.42 Å². The number of hydrogen-bond donors (Lipinski definition) is 1. The zero-order valence-corrected chi connectivity index (χ0v) is 9.67. The zero-order valence-electron chi connectivity index (χ0n) is 7.26. The lowest BCUT2D eigenvalue weighted by molar-refractivity contribution is 0.0986. The Morgan fingerprint density at radius 3 is 3.00 bits per heavy atom. The van der Waals surface area contributed by atoms with Crippen LogP contribution in [0.1, 0.15) is 27.2 Å². The normalized spacial score (nSPS) is 21.7. The van der Waals surface area contributed by atoms with Gasteiger partial charge in [0.25, 0.3) is 0 Å². The summed E-state index contributed by atoms with van der Waals surface area (Å²) in [4.78, 5) is 12.6. The average molecular weight is 260 g/mol. The van der Waals surface area contributed by atoms with E-state index >= 15 is 0 Å². The summed E-state index contributed by atoms with van der Waals surface area (Å²) in [6, 6.07) is 0. The molecule has 2 rings (SSSR count). The Morgan fingerprint density at radius 1 is 1.62 bits per heavy atom. The first-order valence-electron chi connectivity index (χ1n) is 4.17. The van der Waals surface area contributed by atoms with Crippen LogP contribution < -0.4 is 5.73 Å². The van der Waals surface area contributed by atoms with E-state index in [4.69, 9.17) is 5.73 Å². The predicted octanol–water partition coefficient (Wildman–Crippen LogP) is 2.53. The highest BCUT2D eigenvalue weighted by molar-refractivity contribution is 9.10. The monoisotopic (exact) mass is 259 g/mol. The SMILES string of the molecule is Cc1c(N)sc2c1CCC(Br)C2=O. The van der Waals surface area contributed by atoms with Gasteiger partial charge in [-0.15, -0.1) is 11.3 Å². The number of halogens is 1. The van der Waals surface area contributed by atoms with Crippen LogP contribution in [-0.4, -0.2) is 10.6 Å². The number of fused-ring (bicyclic) bond motifs is 1. The third-order valence-corrected chi connectivity index (χ3v) is 4.52. The molecule has 1 heterocycles. The van der Waals surface area contributed by atoms with Crippen LogP contribution in [0.5, 0.6) is 0 Å². The van der Waals surface area contributed by atoms with Gasteiger partial charge in [-0.2, -0.15) is 0 Å². The first-order valence-corrected chi connectivity index (χ1v) is 5.90. The number of ketones is 1. The van der Waals surface area contributed by atoms with Crippen molar-refractivity contribution in [1.82, 2.24) is 0 Å². The minimum Gasteiger partial charge on any atom is -0.390 e. The maximum Gasteiger partial charge on any atom is 0.186 e. The third-order valence-electron chi connectivity index (χ3n) is 2.46. The fourth-order valence-corrected chi connectivity index (χ4v) is 3.34. The Bertz CT molecular complexity index is 372. The summed E-state index contributed by atoms with van der Waals surface area (Å²) in [5.41, 5.74) is 8.05. The Labute approximate surface area is 89.3 Å². The van der Waals surface area contributed by atoms with E-state index < -0.39 is 0 Å². The molecule has 1 unspecified atom stereocenters. The van der Waals surface area contributed by atoms with E-state index in [0.717, 1.165) is 28.3 Å². The molecule has 0 saturated carbocycles. The van der Waals surface area contributed by atoms with Gasteiger partial charge in [0.2, 0.25) is 0 Å². The van der Waals surface area contributed by atoms with E-state index in [2.05, 4.69) is 15.9 Å². The molecule has 0 fully saturated rings. The highest BCUT2D eigenvalue weighted by Gasteiger charge is 2.29. The van der Waals surface area contributed by atoms with E-state index in [0.29, 0.717) is 0 Å². The molecule has 0 bridgehead atoms. The van der Waals surface area contributed by atoms with Gasteiger partial charge in [-0.1, -0.05) is 15.9 Å². The van der Waals surface area contributed by atoms with Gasteiger partial charge in [0, 0.05) is 0 Å². The molecule has 0 aliphatic heterocycles. The quantitative estimate of drug-likeness (QED) is 0.728. The summed E-state index contributed by atoms with van der Waals surface area (Å²) < 4.78 is 0. The summed E-state index contributed by atoms with van der Waals surface area (Å²) in [5.74, 6) is 0.200. The van der Waals surface area contributed by atoms with Crippen molar-refractivity contribution >= 4 is 38.1 Å².